The third kappa shape index (κ3) is 4.47. The minimum Gasteiger partial charge on any atom is -0.354 e. The second-order valence-electron chi connectivity index (χ2n) is 6.21. The average molecular weight is 359 g/mol. The van der Waals surface area contributed by atoms with Crippen LogP contribution < -0.4 is 10.6 Å². The molecule has 1 heterocycles. The fourth-order valence-electron chi connectivity index (χ4n) is 2.94. The van der Waals surface area contributed by atoms with E-state index in [0.717, 1.165) is 17.7 Å². The first kappa shape index (κ1) is 19.6. The minimum atomic E-state index is -0.365. The molecule has 2 N–H and O–H groups in total. The molecule has 140 valence electrons. The van der Waals surface area contributed by atoms with Crippen LogP contribution in [-0.4, -0.2) is 48.2 Å². The molecule has 1 aliphatic heterocycles. The van der Waals surface area contributed by atoms with Crippen molar-refractivity contribution in [2.75, 3.05) is 19.6 Å². The Balaban J connectivity index is 1.71. The van der Waals surface area contributed by atoms with E-state index < -0.39 is 0 Å². The van der Waals surface area contributed by atoms with Crippen LogP contribution in [0.2, 0.25) is 0 Å². The van der Waals surface area contributed by atoms with Crippen molar-refractivity contribution in [3.05, 3.63) is 35.4 Å². The van der Waals surface area contributed by atoms with Crippen molar-refractivity contribution >= 4 is 23.6 Å². The van der Waals surface area contributed by atoms with Crippen molar-refractivity contribution in [2.24, 2.45) is 5.92 Å². The standard InChI is InChI=1S/C19H25N3O4/c1-3-13(4-2)17(24)21-11-10-20-16(23)9-12-22-18(25)14-7-5-6-8-15(14)19(22)26/h5-8,13H,3-4,9-12H2,1-2H3,(H,20,23)(H,21,24). The van der Waals surface area contributed by atoms with Crippen molar-refractivity contribution in [1.82, 2.24) is 15.5 Å². The van der Waals surface area contributed by atoms with Gasteiger partial charge in [0.15, 0.2) is 0 Å². The highest BCUT2D eigenvalue weighted by Gasteiger charge is 2.34. The Hall–Kier alpha value is -2.70. The van der Waals surface area contributed by atoms with Gasteiger partial charge in [0.05, 0.1) is 11.1 Å². The summed E-state index contributed by atoms with van der Waals surface area (Å²) in [5.41, 5.74) is 0.754. The normalized spacial score (nSPS) is 13.1. The molecule has 7 nitrogen and oxygen atoms in total. The number of hydrogen-bond donors (Lipinski definition) is 2. The van der Waals surface area contributed by atoms with E-state index in [9.17, 15) is 19.2 Å². The maximum absolute atomic E-state index is 12.2. The molecule has 0 bridgehead atoms. The van der Waals surface area contributed by atoms with E-state index in [4.69, 9.17) is 0 Å². The van der Waals surface area contributed by atoms with Gasteiger partial charge in [0.2, 0.25) is 11.8 Å². The lowest BCUT2D eigenvalue weighted by atomic mass is 10.0. The first-order valence-corrected chi connectivity index (χ1v) is 8.99. The summed E-state index contributed by atoms with van der Waals surface area (Å²) < 4.78 is 0. The molecule has 0 unspecified atom stereocenters. The Morgan fingerprint density at radius 3 is 2.04 bits per heavy atom. The SMILES string of the molecule is CCC(CC)C(=O)NCCNC(=O)CCN1C(=O)c2ccccc2C1=O. The summed E-state index contributed by atoms with van der Waals surface area (Å²) in [6.07, 6.45) is 1.61. The molecule has 0 spiro atoms. The molecular formula is C19H25N3O4. The van der Waals surface area contributed by atoms with Crippen molar-refractivity contribution in [3.63, 3.8) is 0 Å². The van der Waals surface area contributed by atoms with Gasteiger partial charge in [-0.2, -0.15) is 0 Å². The molecule has 7 heteroatoms. The average Bonchev–Trinajstić information content (AvgIpc) is 2.89. The van der Waals surface area contributed by atoms with Crippen LogP contribution in [0.1, 0.15) is 53.8 Å². The molecule has 1 aromatic carbocycles. The summed E-state index contributed by atoms with van der Waals surface area (Å²) in [6.45, 7) is 4.64. The van der Waals surface area contributed by atoms with Crippen LogP contribution in [0.4, 0.5) is 0 Å². The van der Waals surface area contributed by atoms with Crippen LogP contribution >= 0.6 is 0 Å². The van der Waals surface area contributed by atoms with Gasteiger partial charge in [-0.3, -0.25) is 24.1 Å². The van der Waals surface area contributed by atoms with Crippen molar-refractivity contribution < 1.29 is 19.2 Å². The molecule has 0 aliphatic carbocycles. The summed E-state index contributed by atoms with van der Waals surface area (Å²) >= 11 is 0. The Morgan fingerprint density at radius 2 is 1.50 bits per heavy atom. The number of nitrogens with one attached hydrogen (secondary N) is 2. The van der Waals surface area contributed by atoms with E-state index in [1.54, 1.807) is 24.3 Å². The number of fused-ring (bicyclic) bond motifs is 1. The third-order valence-corrected chi connectivity index (χ3v) is 4.54. The van der Waals surface area contributed by atoms with E-state index in [-0.39, 0.29) is 42.5 Å². The quantitative estimate of drug-likeness (QED) is 0.514. The predicted octanol–water partition coefficient (Wildman–Crippen LogP) is 1.34. The molecule has 2 rings (SSSR count). The molecule has 0 saturated carbocycles. The lowest BCUT2D eigenvalue weighted by Gasteiger charge is -2.14. The molecule has 26 heavy (non-hydrogen) atoms. The fraction of sp³-hybridized carbons (Fsp3) is 0.474. The molecule has 4 amide bonds. The van der Waals surface area contributed by atoms with Crippen LogP contribution in [0.3, 0.4) is 0 Å². The predicted molar refractivity (Wildman–Crippen MR) is 96.5 cm³/mol. The molecule has 0 aromatic heterocycles. The van der Waals surface area contributed by atoms with Crippen LogP contribution in [0.15, 0.2) is 24.3 Å². The molecule has 0 atom stereocenters. The van der Waals surface area contributed by atoms with Gasteiger partial charge in [0.25, 0.3) is 11.8 Å². The van der Waals surface area contributed by atoms with E-state index in [0.29, 0.717) is 24.2 Å². The van der Waals surface area contributed by atoms with Gasteiger partial charge in [-0.05, 0) is 25.0 Å². The fourth-order valence-corrected chi connectivity index (χ4v) is 2.94. The maximum Gasteiger partial charge on any atom is 0.261 e. The zero-order chi connectivity index (χ0) is 19.1. The van der Waals surface area contributed by atoms with Crippen molar-refractivity contribution in [2.45, 2.75) is 33.1 Å². The first-order valence-electron chi connectivity index (χ1n) is 8.99. The van der Waals surface area contributed by atoms with Crippen molar-refractivity contribution in [3.8, 4) is 0 Å². The van der Waals surface area contributed by atoms with Gasteiger partial charge in [-0.25, -0.2) is 0 Å². The highest BCUT2D eigenvalue weighted by atomic mass is 16.2. The summed E-state index contributed by atoms with van der Waals surface area (Å²) in [5.74, 6) is -1.00. The Labute approximate surface area is 153 Å². The summed E-state index contributed by atoms with van der Waals surface area (Å²) in [6, 6.07) is 6.63. The van der Waals surface area contributed by atoms with Crippen LogP contribution in [-0.2, 0) is 9.59 Å². The Bertz CT molecular complexity index is 663. The second kappa shape index (κ2) is 9.12. The molecule has 0 saturated heterocycles. The van der Waals surface area contributed by atoms with Crippen LogP contribution in [0.25, 0.3) is 0 Å². The zero-order valence-electron chi connectivity index (χ0n) is 15.2. The molecule has 1 aliphatic rings. The number of rotatable bonds is 9. The summed E-state index contributed by atoms with van der Waals surface area (Å²) in [5, 5.41) is 5.48. The Kier molecular flexibility index (Phi) is 6.89. The maximum atomic E-state index is 12.2. The monoisotopic (exact) mass is 359 g/mol. The number of carbonyl (C=O) groups excluding carboxylic acids is 4. The van der Waals surface area contributed by atoms with Crippen molar-refractivity contribution in [1.29, 1.82) is 0 Å². The van der Waals surface area contributed by atoms with Gasteiger partial charge in [-0.1, -0.05) is 26.0 Å². The first-order chi connectivity index (χ1) is 12.5. The minimum absolute atomic E-state index is 0.000440. The number of hydrogen-bond acceptors (Lipinski definition) is 4. The molecule has 1 aromatic rings. The van der Waals surface area contributed by atoms with E-state index in [1.165, 1.54) is 0 Å². The largest absolute Gasteiger partial charge is 0.354 e. The van der Waals surface area contributed by atoms with Crippen LogP contribution in [0, 0.1) is 5.92 Å². The summed E-state index contributed by atoms with van der Waals surface area (Å²) in [4.78, 5) is 49.2. The van der Waals surface area contributed by atoms with E-state index in [1.807, 2.05) is 13.8 Å². The Morgan fingerprint density at radius 1 is 0.962 bits per heavy atom. The second-order valence-corrected chi connectivity index (χ2v) is 6.21. The zero-order valence-corrected chi connectivity index (χ0v) is 15.2. The molecular weight excluding hydrogens is 334 g/mol. The number of amides is 4. The number of imide groups is 1. The van der Waals surface area contributed by atoms with Gasteiger partial charge in [-0.15, -0.1) is 0 Å². The highest BCUT2D eigenvalue weighted by Crippen LogP contribution is 2.22. The summed E-state index contributed by atoms with van der Waals surface area (Å²) in [7, 11) is 0. The highest BCUT2D eigenvalue weighted by molar-refractivity contribution is 6.21. The smallest absolute Gasteiger partial charge is 0.261 e. The lowest BCUT2D eigenvalue weighted by molar-refractivity contribution is -0.125. The lowest BCUT2D eigenvalue weighted by Crippen LogP contribution is -2.39. The van der Waals surface area contributed by atoms with Crippen LogP contribution in [0.5, 0.6) is 0 Å². The molecule has 0 fully saturated rings. The molecule has 0 radical (unpaired) electrons. The number of carbonyl (C=O) groups is 4. The topological polar surface area (TPSA) is 95.6 Å². The van der Waals surface area contributed by atoms with E-state index >= 15 is 0 Å². The van der Waals surface area contributed by atoms with Gasteiger partial charge in [0, 0.05) is 32.0 Å². The van der Waals surface area contributed by atoms with Gasteiger partial charge < -0.3 is 10.6 Å². The number of benzene rings is 1. The number of nitrogens with zero attached hydrogens (tertiary/aromatic N) is 1. The third-order valence-electron chi connectivity index (χ3n) is 4.54. The van der Waals surface area contributed by atoms with E-state index in [2.05, 4.69) is 10.6 Å². The van der Waals surface area contributed by atoms with Gasteiger partial charge >= 0.3 is 0 Å². The van der Waals surface area contributed by atoms with Gasteiger partial charge in [0.1, 0.15) is 0 Å².